The topological polar surface area (TPSA) is 75.4 Å². The molecule has 122 valence electrons. The first kappa shape index (κ1) is 17.2. The minimum atomic E-state index is -0.308. The normalized spacial score (nSPS) is 10.4. The fraction of sp³-hybridized carbons (Fsp3) is 0.312. The van der Waals surface area contributed by atoms with Crippen molar-refractivity contribution in [3.63, 3.8) is 0 Å². The molecule has 1 heterocycles. The molecule has 23 heavy (non-hydrogen) atoms. The third kappa shape index (κ3) is 4.92. The van der Waals surface area contributed by atoms with Crippen LogP contribution in [0, 0.1) is 6.92 Å². The summed E-state index contributed by atoms with van der Waals surface area (Å²) < 4.78 is 5.79. The number of hydrogen-bond acceptors (Lipinski definition) is 4. The summed E-state index contributed by atoms with van der Waals surface area (Å²) in [5.74, 6) is 0.472. The molecule has 0 saturated heterocycles. The highest BCUT2D eigenvalue weighted by Crippen LogP contribution is 2.13. The van der Waals surface area contributed by atoms with Gasteiger partial charge in [-0.3, -0.25) is 9.59 Å². The van der Waals surface area contributed by atoms with Crippen molar-refractivity contribution in [2.45, 2.75) is 20.3 Å². The van der Waals surface area contributed by atoms with Gasteiger partial charge in [-0.05, 0) is 37.6 Å². The lowest BCUT2D eigenvalue weighted by Crippen LogP contribution is -2.38. The van der Waals surface area contributed by atoms with Gasteiger partial charge in [0.05, 0.1) is 0 Å². The van der Waals surface area contributed by atoms with E-state index in [1.165, 1.54) is 4.90 Å². The van der Waals surface area contributed by atoms with E-state index in [4.69, 9.17) is 4.52 Å². The van der Waals surface area contributed by atoms with Crippen molar-refractivity contribution >= 4 is 33.6 Å². The van der Waals surface area contributed by atoms with Gasteiger partial charge in [-0.25, -0.2) is 0 Å². The van der Waals surface area contributed by atoms with Crippen LogP contribution in [0.3, 0.4) is 0 Å². The van der Waals surface area contributed by atoms with Crippen molar-refractivity contribution in [2.24, 2.45) is 0 Å². The first-order chi connectivity index (χ1) is 11.0. The van der Waals surface area contributed by atoms with Crippen molar-refractivity contribution in [3.05, 3.63) is 46.1 Å². The van der Waals surface area contributed by atoms with Crippen molar-refractivity contribution in [1.82, 2.24) is 10.1 Å². The molecule has 6 nitrogen and oxygen atoms in total. The van der Waals surface area contributed by atoms with Gasteiger partial charge in [-0.1, -0.05) is 28.0 Å². The molecule has 0 radical (unpaired) electrons. The predicted octanol–water partition coefficient (Wildman–Crippen LogP) is 3.24. The smallest absolute Gasteiger partial charge is 0.254 e. The Morgan fingerprint density at radius 1 is 1.30 bits per heavy atom. The van der Waals surface area contributed by atoms with Gasteiger partial charge in [-0.15, -0.1) is 0 Å². The number of benzene rings is 1. The maximum absolute atomic E-state index is 12.5. The summed E-state index contributed by atoms with van der Waals surface area (Å²) in [5.41, 5.74) is 0.548. The Hall–Kier alpha value is -2.15. The molecular formula is C16H18BrN3O3. The van der Waals surface area contributed by atoms with E-state index in [1.54, 1.807) is 37.3 Å². The monoisotopic (exact) mass is 379 g/mol. The molecule has 2 aromatic rings. The molecule has 0 aliphatic carbocycles. The van der Waals surface area contributed by atoms with Gasteiger partial charge in [0.2, 0.25) is 5.91 Å². The van der Waals surface area contributed by atoms with Gasteiger partial charge >= 0.3 is 0 Å². The van der Waals surface area contributed by atoms with Crippen LogP contribution >= 0.6 is 15.9 Å². The van der Waals surface area contributed by atoms with Gasteiger partial charge < -0.3 is 14.7 Å². The fourth-order valence-corrected chi connectivity index (χ4v) is 2.34. The molecule has 0 unspecified atom stereocenters. The Morgan fingerprint density at radius 2 is 2.00 bits per heavy atom. The number of nitrogens with one attached hydrogen (secondary N) is 1. The van der Waals surface area contributed by atoms with Gasteiger partial charge in [-0.2, -0.15) is 0 Å². The van der Waals surface area contributed by atoms with Gasteiger partial charge in [0.1, 0.15) is 12.3 Å². The van der Waals surface area contributed by atoms with E-state index in [1.807, 2.05) is 6.92 Å². The number of aromatic nitrogens is 1. The summed E-state index contributed by atoms with van der Waals surface area (Å²) in [6, 6.07) is 8.69. The zero-order valence-corrected chi connectivity index (χ0v) is 14.6. The molecule has 0 bridgehead atoms. The number of aryl methyl sites for hydroxylation is 1. The average Bonchev–Trinajstić information content (AvgIpc) is 2.92. The predicted molar refractivity (Wildman–Crippen MR) is 90.2 cm³/mol. The summed E-state index contributed by atoms with van der Waals surface area (Å²) in [6.45, 7) is 4.17. The molecule has 0 spiro atoms. The van der Waals surface area contributed by atoms with E-state index >= 15 is 0 Å². The van der Waals surface area contributed by atoms with Gasteiger partial charge in [0.25, 0.3) is 5.91 Å². The van der Waals surface area contributed by atoms with E-state index in [2.05, 4.69) is 26.4 Å². The van der Waals surface area contributed by atoms with Crippen LogP contribution in [0.15, 0.2) is 39.3 Å². The van der Waals surface area contributed by atoms with Gasteiger partial charge in [0, 0.05) is 22.6 Å². The van der Waals surface area contributed by atoms with Crippen LogP contribution < -0.4 is 5.32 Å². The number of anilines is 1. The lowest BCUT2D eigenvalue weighted by atomic mass is 10.2. The molecule has 0 aliphatic heterocycles. The first-order valence-electron chi connectivity index (χ1n) is 7.27. The van der Waals surface area contributed by atoms with Gasteiger partial charge in [0.15, 0.2) is 5.82 Å². The second-order valence-electron chi connectivity index (χ2n) is 5.10. The molecule has 0 fully saturated rings. The number of halogens is 1. The van der Waals surface area contributed by atoms with Crippen LogP contribution in [0.5, 0.6) is 0 Å². The lowest BCUT2D eigenvalue weighted by molar-refractivity contribution is -0.116. The number of carbonyl (C=O) groups excluding carboxylic acids is 2. The molecule has 0 saturated carbocycles. The number of amides is 2. The number of nitrogens with zero attached hydrogens (tertiary/aromatic N) is 2. The summed E-state index contributed by atoms with van der Waals surface area (Å²) in [5, 5.41) is 6.33. The molecule has 0 atom stereocenters. The first-order valence-corrected chi connectivity index (χ1v) is 8.07. The van der Waals surface area contributed by atoms with E-state index in [9.17, 15) is 9.59 Å². The quantitative estimate of drug-likeness (QED) is 0.835. The standard InChI is InChI=1S/C16H18BrN3O3/c1-3-8-20(16(22)12-4-6-13(17)7-5-12)10-15(21)18-14-9-11(2)23-19-14/h4-7,9H,3,8,10H2,1-2H3,(H,18,19,21). The molecule has 2 amide bonds. The molecular weight excluding hydrogens is 362 g/mol. The van der Waals surface area contributed by atoms with Crippen LogP contribution in [0.2, 0.25) is 0 Å². The Balaban J connectivity index is 2.03. The van der Waals surface area contributed by atoms with Crippen molar-refractivity contribution < 1.29 is 14.1 Å². The van der Waals surface area contributed by atoms with Crippen LogP contribution in [0.1, 0.15) is 29.5 Å². The lowest BCUT2D eigenvalue weighted by Gasteiger charge is -2.21. The molecule has 7 heteroatoms. The maximum Gasteiger partial charge on any atom is 0.254 e. The van der Waals surface area contributed by atoms with Crippen LogP contribution in [0.25, 0.3) is 0 Å². The van der Waals surface area contributed by atoms with Crippen LogP contribution in [-0.4, -0.2) is 35.0 Å². The van der Waals surface area contributed by atoms with E-state index in [0.717, 1.165) is 10.9 Å². The molecule has 1 aromatic heterocycles. The number of rotatable bonds is 6. The van der Waals surface area contributed by atoms with Crippen molar-refractivity contribution in [2.75, 3.05) is 18.4 Å². The van der Waals surface area contributed by atoms with Crippen molar-refractivity contribution in [1.29, 1.82) is 0 Å². The highest BCUT2D eigenvalue weighted by atomic mass is 79.9. The number of carbonyl (C=O) groups is 2. The van der Waals surface area contributed by atoms with Crippen molar-refractivity contribution in [3.8, 4) is 0 Å². The second kappa shape index (κ2) is 7.92. The summed E-state index contributed by atoms with van der Waals surface area (Å²) in [6.07, 6.45) is 0.763. The number of hydrogen-bond donors (Lipinski definition) is 1. The third-order valence-corrected chi connectivity index (χ3v) is 3.63. The molecule has 1 N–H and O–H groups in total. The fourth-order valence-electron chi connectivity index (χ4n) is 2.08. The highest BCUT2D eigenvalue weighted by Gasteiger charge is 2.18. The highest BCUT2D eigenvalue weighted by molar-refractivity contribution is 9.10. The summed E-state index contributed by atoms with van der Waals surface area (Å²) in [4.78, 5) is 26.2. The summed E-state index contributed by atoms with van der Waals surface area (Å²) in [7, 11) is 0. The largest absolute Gasteiger partial charge is 0.360 e. The zero-order valence-electron chi connectivity index (χ0n) is 13.0. The maximum atomic E-state index is 12.5. The molecule has 0 aliphatic rings. The Kier molecular flexibility index (Phi) is 5.92. The van der Waals surface area contributed by atoms with E-state index in [0.29, 0.717) is 23.7 Å². The average molecular weight is 380 g/mol. The Labute approximate surface area is 143 Å². The third-order valence-electron chi connectivity index (χ3n) is 3.10. The minimum absolute atomic E-state index is 0.0331. The van der Waals surface area contributed by atoms with E-state index < -0.39 is 0 Å². The zero-order chi connectivity index (χ0) is 16.8. The minimum Gasteiger partial charge on any atom is -0.360 e. The second-order valence-corrected chi connectivity index (χ2v) is 6.02. The Morgan fingerprint density at radius 3 is 2.57 bits per heavy atom. The van der Waals surface area contributed by atoms with E-state index in [-0.39, 0.29) is 18.4 Å². The van der Waals surface area contributed by atoms with Crippen LogP contribution in [0.4, 0.5) is 5.82 Å². The molecule has 1 aromatic carbocycles. The SMILES string of the molecule is CCCN(CC(=O)Nc1cc(C)on1)C(=O)c1ccc(Br)cc1. The molecule has 2 rings (SSSR count). The van der Waals surface area contributed by atoms with Crippen LogP contribution in [-0.2, 0) is 4.79 Å². The Bertz CT molecular complexity index is 682. The summed E-state index contributed by atoms with van der Waals surface area (Å²) >= 11 is 3.34.